The van der Waals surface area contributed by atoms with Gasteiger partial charge in [-0.05, 0) is 12.1 Å². The molecular weight excluding hydrogens is 276 g/mol. The summed E-state index contributed by atoms with van der Waals surface area (Å²) in [6.07, 6.45) is 0.654. The van der Waals surface area contributed by atoms with Gasteiger partial charge in [0, 0.05) is 9.86 Å². The second-order valence-corrected chi connectivity index (χ2v) is 3.92. The van der Waals surface area contributed by atoms with E-state index in [1.54, 1.807) is 12.1 Å². The molecule has 0 radical (unpaired) electrons. The van der Waals surface area contributed by atoms with Crippen LogP contribution in [0.2, 0.25) is 0 Å². The summed E-state index contributed by atoms with van der Waals surface area (Å²) in [5, 5.41) is 7.08. The van der Waals surface area contributed by atoms with Crippen LogP contribution >= 0.6 is 15.9 Å². The zero-order valence-electron chi connectivity index (χ0n) is 8.28. The smallest absolute Gasteiger partial charge is 0.340 e. The maximum atomic E-state index is 11.5. The lowest BCUT2D eigenvalue weighted by molar-refractivity contribution is 0.0602. The zero-order chi connectivity index (χ0) is 11.7. The number of rotatable bonds is 2. The quantitative estimate of drug-likeness (QED) is 0.675. The minimum Gasteiger partial charge on any atom is -0.465 e. The van der Waals surface area contributed by atoms with Crippen LogP contribution in [-0.4, -0.2) is 29.6 Å². The van der Waals surface area contributed by atoms with Gasteiger partial charge in [0.2, 0.25) is 0 Å². The van der Waals surface area contributed by atoms with Gasteiger partial charge >= 0.3 is 5.97 Å². The number of aromatic nitrogens is 2. The summed E-state index contributed by atoms with van der Waals surface area (Å²) in [5.74, 6) is -0.485. The molecule has 0 aliphatic rings. The van der Waals surface area contributed by atoms with Crippen molar-refractivity contribution in [3.8, 4) is 0 Å². The highest BCUT2D eigenvalue weighted by molar-refractivity contribution is 9.10. The second-order valence-electron chi connectivity index (χ2n) is 3.07. The molecule has 1 heterocycles. The van der Waals surface area contributed by atoms with Gasteiger partial charge in [0.25, 0.3) is 0 Å². The van der Waals surface area contributed by atoms with Crippen molar-refractivity contribution in [2.75, 3.05) is 7.11 Å². The molecule has 0 spiro atoms. The Morgan fingerprint density at radius 2 is 2.31 bits per heavy atom. The van der Waals surface area contributed by atoms with Gasteiger partial charge in [0.05, 0.1) is 12.7 Å². The van der Waals surface area contributed by atoms with Crippen LogP contribution in [0.3, 0.4) is 0 Å². The predicted octanol–water partition coefficient (Wildman–Crippen LogP) is 1.92. The molecule has 0 aliphatic carbocycles. The minimum absolute atomic E-state index is 0.324. The molecule has 0 bridgehead atoms. The lowest BCUT2D eigenvalue weighted by atomic mass is 10.1. The number of halogens is 1. The summed E-state index contributed by atoms with van der Waals surface area (Å²) in [7, 11) is 1.30. The lowest BCUT2D eigenvalue weighted by Crippen LogP contribution is -2.02. The molecule has 16 heavy (non-hydrogen) atoms. The van der Waals surface area contributed by atoms with E-state index in [4.69, 9.17) is 0 Å². The summed E-state index contributed by atoms with van der Waals surface area (Å²) in [6, 6.07) is 3.27. The number of esters is 1. The van der Waals surface area contributed by atoms with Crippen molar-refractivity contribution in [3.63, 3.8) is 0 Å². The molecule has 6 heteroatoms. The first kappa shape index (κ1) is 10.8. The number of ether oxygens (including phenoxy) is 1. The summed E-state index contributed by atoms with van der Waals surface area (Å²) >= 11 is 3.30. The van der Waals surface area contributed by atoms with Gasteiger partial charge in [0.15, 0.2) is 6.29 Å². The van der Waals surface area contributed by atoms with E-state index in [0.717, 1.165) is 0 Å². The van der Waals surface area contributed by atoms with Gasteiger partial charge in [-0.1, -0.05) is 15.9 Å². The van der Waals surface area contributed by atoms with E-state index in [1.807, 2.05) is 0 Å². The van der Waals surface area contributed by atoms with Crippen LogP contribution in [0.25, 0.3) is 10.9 Å². The molecule has 0 amide bonds. The Hall–Kier alpha value is -1.69. The molecule has 5 nitrogen and oxygen atoms in total. The lowest BCUT2D eigenvalue weighted by Gasteiger charge is -2.01. The number of nitrogens with zero attached hydrogens (tertiary/aromatic N) is 1. The Kier molecular flexibility index (Phi) is 2.74. The molecule has 0 fully saturated rings. The number of methoxy groups -OCH3 is 1. The molecule has 1 aromatic carbocycles. The third-order valence-electron chi connectivity index (χ3n) is 2.21. The van der Waals surface area contributed by atoms with Crippen LogP contribution in [0.5, 0.6) is 0 Å². The highest BCUT2D eigenvalue weighted by atomic mass is 79.9. The number of nitrogens with one attached hydrogen (secondary N) is 1. The van der Waals surface area contributed by atoms with Crippen LogP contribution < -0.4 is 0 Å². The van der Waals surface area contributed by atoms with Gasteiger partial charge in [0.1, 0.15) is 11.2 Å². The number of hydrogen-bond donors (Lipinski definition) is 1. The molecule has 2 aromatic rings. The molecule has 0 unspecified atom stereocenters. The number of H-pyrrole nitrogens is 1. The standard InChI is InChI=1S/C10H7BrN2O3/c1-16-10(15)5-2-3-6(11)8-7(4-14)12-13-9(5)8/h2-4H,1H3,(H,12,13). The van der Waals surface area contributed by atoms with Crippen molar-refractivity contribution in [3.05, 3.63) is 27.9 Å². The second kappa shape index (κ2) is 4.05. The highest BCUT2D eigenvalue weighted by Gasteiger charge is 2.17. The van der Waals surface area contributed by atoms with Gasteiger partial charge in [-0.15, -0.1) is 0 Å². The molecule has 0 atom stereocenters. The molecule has 1 aromatic heterocycles. The summed E-state index contributed by atoms with van der Waals surface area (Å²) < 4.78 is 5.33. The Morgan fingerprint density at radius 3 is 2.94 bits per heavy atom. The molecule has 1 N–H and O–H groups in total. The van der Waals surface area contributed by atoms with Crippen LogP contribution in [0.15, 0.2) is 16.6 Å². The highest BCUT2D eigenvalue weighted by Crippen LogP contribution is 2.27. The molecule has 0 saturated carbocycles. The zero-order valence-corrected chi connectivity index (χ0v) is 9.87. The molecule has 2 rings (SSSR count). The van der Waals surface area contributed by atoms with Crippen molar-refractivity contribution >= 4 is 39.1 Å². The fraction of sp³-hybridized carbons (Fsp3) is 0.100. The number of carbonyl (C=O) groups is 2. The van der Waals surface area contributed by atoms with Crippen LogP contribution in [0.1, 0.15) is 20.8 Å². The first-order valence-electron chi connectivity index (χ1n) is 4.39. The number of aldehydes is 1. The van der Waals surface area contributed by atoms with E-state index in [9.17, 15) is 9.59 Å². The molecule has 0 saturated heterocycles. The van der Waals surface area contributed by atoms with Crippen molar-refractivity contribution in [1.29, 1.82) is 0 Å². The Morgan fingerprint density at radius 1 is 1.56 bits per heavy atom. The number of benzene rings is 1. The third-order valence-corrected chi connectivity index (χ3v) is 2.87. The fourth-order valence-electron chi connectivity index (χ4n) is 1.47. The Balaban J connectivity index is 2.80. The predicted molar refractivity (Wildman–Crippen MR) is 60.5 cm³/mol. The van der Waals surface area contributed by atoms with Gasteiger partial charge in [-0.25, -0.2) is 4.79 Å². The monoisotopic (exact) mass is 282 g/mol. The van der Waals surface area contributed by atoms with E-state index in [-0.39, 0.29) is 0 Å². The topological polar surface area (TPSA) is 72.1 Å². The number of aromatic amines is 1. The minimum atomic E-state index is -0.485. The Labute approximate surface area is 98.9 Å². The average Bonchev–Trinajstić information content (AvgIpc) is 2.73. The number of carbonyl (C=O) groups excluding carboxylic acids is 2. The van der Waals surface area contributed by atoms with Crippen molar-refractivity contribution in [2.24, 2.45) is 0 Å². The largest absolute Gasteiger partial charge is 0.465 e. The SMILES string of the molecule is COC(=O)c1ccc(Br)c2c(C=O)[nH]nc12. The normalized spacial score (nSPS) is 10.4. The van der Waals surface area contributed by atoms with Crippen LogP contribution in [-0.2, 0) is 4.74 Å². The summed E-state index contributed by atoms with van der Waals surface area (Å²) in [6.45, 7) is 0. The molecule has 82 valence electrons. The van der Waals surface area contributed by atoms with E-state index >= 15 is 0 Å². The van der Waals surface area contributed by atoms with Gasteiger partial charge < -0.3 is 4.74 Å². The number of hydrogen-bond acceptors (Lipinski definition) is 4. The first-order valence-corrected chi connectivity index (χ1v) is 5.18. The first-order chi connectivity index (χ1) is 7.69. The summed E-state index contributed by atoms with van der Waals surface area (Å²) in [4.78, 5) is 22.2. The van der Waals surface area contributed by atoms with E-state index in [1.165, 1.54) is 7.11 Å². The molecular formula is C10H7BrN2O3. The Bertz CT molecular complexity index is 577. The number of fused-ring (bicyclic) bond motifs is 1. The van der Waals surface area contributed by atoms with Crippen molar-refractivity contribution in [1.82, 2.24) is 10.2 Å². The molecule has 0 aliphatic heterocycles. The van der Waals surface area contributed by atoms with Crippen molar-refractivity contribution < 1.29 is 14.3 Å². The fourth-order valence-corrected chi connectivity index (χ4v) is 2.00. The van der Waals surface area contributed by atoms with E-state index < -0.39 is 5.97 Å². The van der Waals surface area contributed by atoms with Gasteiger partial charge in [-0.2, -0.15) is 5.10 Å². The van der Waals surface area contributed by atoms with E-state index in [0.29, 0.717) is 32.9 Å². The maximum absolute atomic E-state index is 11.5. The maximum Gasteiger partial charge on any atom is 0.340 e. The van der Waals surface area contributed by atoms with Crippen LogP contribution in [0.4, 0.5) is 0 Å². The average molecular weight is 283 g/mol. The van der Waals surface area contributed by atoms with E-state index in [2.05, 4.69) is 30.9 Å². The third kappa shape index (κ3) is 1.51. The van der Waals surface area contributed by atoms with Crippen molar-refractivity contribution in [2.45, 2.75) is 0 Å². The summed E-state index contributed by atoms with van der Waals surface area (Å²) in [5.41, 5.74) is 1.07. The van der Waals surface area contributed by atoms with Gasteiger partial charge in [-0.3, -0.25) is 9.89 Å². The van der Waals surface area contributed by atoms with Crippen LogP contribution in [0, 0.1) is 0 Å².